The monoisotopic (exact) mass is 370 g/mol. The molecule has 0 saturated heterocycles. The van der Waals surface area contributed by atoms with Crippen molar-refractivity contribution in [1.82, 2.24) is 15.3 Å². The Kier molecular flexibility index (Phi) is 8.58. The van der Waals surface area contributed by atoms with Gasteiger partial charge in [0.05, 0.1) is 20.8 Å². The van der Waals surface area contributed by atoms with E-state index in [-0.39, 0.29) is 22.4 Å². The van der Waals surface area contributed by atoms with Crippen molar-refractivity contribution in [3.63, 3.8) is 0 Å². The van der Waals surface area contributed by atoms with Crippen LogP contribution in [-0.2, 0) is 0 Å². The maximum absolute atomic E-state index is 11.2. The molecule has 1 rings (SSSR count). The zero-order valence-electron chi connectivity index (χ0n) is 13.5. The molecule has 1 aromatic heterocycles. The summed E-state index contributed by atoms with van der Waals surface area (Å²) in [5.41, 5.74) is 11.4. The molecule has 0 bridgehead atoms. The molecule has 2 atom stereocenters. The van der Waals surface area contributed by atoms with E-state index in [0.29, 0.717) is 17.8 Å². The largest absolute Gasteiger partial charge is 0.393 e. The number of nitro groups is 1. The molecule has 0 spiro atoms. The molecule has 0 saturated carbocycles. The standard InChI is InChI=1S/C14H22N6O2S2/c1-17-9(3-2-4-12(15)23)5-6-10(14(16)24)13-11(20(21)22)7-18-8-19-13/h7-10,17H,2-6H2,1H3,(H2,15,23)(H2,16,24). The highest BCUT2D eigenvalue weighted by molar-refractivity contribution is 7.80. The number of nitrogens with two attached hydrogens (primary N) is 2. The summed E-state index contributed by atoms with van der Waals surface area (Å²) in [7, 11) is 1.87. The molecule has 1 aromatic rings. The van der Waals surface area contributed by atoms with Gasteiger partial charge in [-0.3, -0.25) is 10.1 Å². The normalized spacial score (nSPS) is 13.2. The van der Waals surface area contributed by atoms with Crippen LogP contribution in [0.15, 0.2) is 12.5 Å². The average molecular weight is 371 g/mol. The highest BCUT2D eigenvalue weighted by Gasteiger charge is 2.26. The van der Waals surface area contributed by atoms with Crippen LogP contribution >= 0.6 is 24.4 Å². The van der Waals surface area contributed by atoms with Gasteiger partial charge in [0.15, 0.2) is 0 Å². The number of nitrogens with zero attached hydrogens (tertiary/aromatic N) is 3. The maximum atomic E-state index is 11.2. The third-order valence-electron chi connectivity index (χ3n) is 3.78. The number of thiocarbonyl (C=S) groups is 2. The lowest BCUT2D eigenvalue weighted by Gasteiger charge is -2.20. The highest BCUT2D eigenvalue weighted by Crippen LogP contribution is 2.28. The van der Waals surface area contributed by atoms with Gasteiger partial charge in [0.1, 0.15) is 18.2 Å². The Morgan fingerprint density at radius 1 is 1.38 bits per heavy atom. The quantitative estimate of drug-likeness (QED) is 0.301. The van der Waals surface area contributed by atoms with E-state index in [1.54, 1.807) is 0 Å². The van der Waals surface area contributed by atoms with Gasteiger partial charge in [0.25, 0.3) is 0 Å². The van der Waals surface area contributed by atoms with Gasteiger partial charge in [-0.25, -0.2) is 9.97 Å². The van der Waals surface area contributed by atoms with Gasteiger partial charge >= 0.3 is 5.69 Å². The molecule has 10 heteroatoms. The molecular weight excluding hydrogens is 348 g/mol. The predicted octanol–water partition coefficient (Wildman–Crippen LogP) is 1.58. The SMILES string of the molecule is CNC(CCCC(N)=S)CCC(C(N)=S)c1ncncc1[N+](=O)[O-]. The van der Waals surface area contributed by atoms with Crippen LogP contribution in [-0.4, -0.2) is 38.0 Å². The molecule has 132 valence electrons. The summed E-state index contributed by atoms with van der Waals surface area (Å²) in [6.45, 7) is 0. The Bertz CT molecular complexity index is 598. The molecule has 5 N–H and O–H groups in total. The van der Waals surface area contributed by atoms with Gasteiger partial charge in [-0.15, -0.1) is 0 Å². The van der Waals surface area contributed by atoms with Crippen molar-refractivity contribution in [3.8, 4) is 0 Å². The summed E-state index contributed by atoms with van der Waals surface area (Å²) in [5, 5.41) is 14.4. The molecular formula is C14H22N6O2S2. The first-order valence-corrected chi connectivity index (χ1v) is 8.37. The van der Waals surface area contributed by atoms with Crippen LogP contribution in [0, 0.1) is 10.1 Å². The van der Waals surface area contributed by atoms with E-state index in [1.165, 1.54) is 12.5 Å². The minimum absolute atomic E-state index is 0.162. The van der Waals surface area contributed by atoms with Gasteiger partial charge in [0, 0.05) is 6.04 Å². The van der Waals surface area contributed by atoms with Crippen molar-refractivity contribution < 1.29 is 4.92 Å². The molecule has 0 aliphatic heterocycles. The molecule has 0 aliphatic carbocycles. The van der Waals surface area contributed by atoms with E-state index < -0.39 is 10.8 Å². The lowest BCUT2D eigenvalue weighted by molar-refractivity contribution is -0.386. The summed E-state index contributed by atoms with van der Waals surface area (Å²) in [5.74, 6) is -0.463. The van der Waals surface area contributed by atoms with E-state index in [1.807, 2.05) is 7.05 Å². The number of hydrogen-bond donors (Lipinski definition) is 3. The second-order valence-corrected chi connectivity index (χ2v) is 6.42. The molecule has 24 heavy (non-hydrogen) atoms. The first-order chi connectivity index (χ1) is 11.4. The van der Waals surface area contributed by atoms with Crippen molar-refractivity contribution in [2.75, 3.05) is 7.05 Å². The van der Waals surface area contributed by atoms with E-state index >= 15 is 0 Å². The second kappa shape index (κ2) is 10.2. The number of rotatable bonds is 11. The molecule has 0 fully saturated rings. The number of hydrogen-bond acceptors (Lipinski definition) is 7. The first-order valence-electron chi connectivity index (χ1n) is 7.56. The minimum atomic E-state index is -0.516. The summed E-state index contributed by atoms with van der Waals surface area (Å²) < 4.78 is 0. The first kappa shape index (κ1) is 20.3. The Morgan fingerprint density at radius 2 is 2.08 bits per heavy atom. The fourth-order valence-corrected chi connectivity index (χ4v) is 2.85. The zero-order valence-corrected chi connectivity index (χ0v) is 15.1. The van der Waals surface area contributed by atoms with Crippen LogP contribution in [0.25, 0.3) is 0 Å². The molecule has 0 amide bonds. The summed E-state index contributed by atoms with van der Waals surface area (Å²) in [4.78, 5) is 19.1. The van der Waals surface area contributed by atoms with Gasteiger partial charge in [0.2, 0.25) is 0 Å². The van der Waals surface area contributed by atoms with Crippen LogP contribution in [0.3, 0.4) is 0 Å². The Balaban J connectivity index is 2.78. The van der Waals surface area contributed by atoms with Gasteiger partial charge < -0.3 is 16.8 Å². The maximum Gasteiger partial charge on any atom is 0.309 e. The fraction of sp³-hybridized carbons (Fsp3) is 0.571. The number of aromatic nitrogens is 2. The molecule has 8 nitrogen and oxygen atoms in total. The topological polar surface area (TPSA) is 133 Å². The number of nitrogens with one attached hydrogen (secondary N) is 1. The van der Waals surface area contributed by atoms with E-state index in [4.69, 9.17) is 35.9 Å². The van der Waals surface area contributed by atoms with E-state index in [2.05, 4.69) is 15.3 Å². The smallest absolute Gasteiger partial charge is 0.309 e. The van der Waals surface area contributed by atoms with Gasteiger partial charge in [-0.1, -0.05) is 24.4 Å². The van der Waals surface area contributed by atoms with Crippen LogP contribution in [0.5, 0.6) is 0 Å². The molecule has 1 heterocycles. The third kappa shape index (κ3) is 6.38. The van der Waals surface area contributed by atoms with Crippen LogP contribution < -0.4 is 16.8 Å². The zero-order chi connectivity index (χ0) is 18.1. The minimum Gasteiger partial charge on any atom is -0.393 e. The van der Waals surface area contributed by atoms with Crippen molar-refractivity contribution >= 4 is 40.1 Å². The Labute approximate surface area is 151 Å². The third-order valence-corrected chi connectivity index (χ3v) is 4.27. The highest BCUT2D eigenvalue weighted by atomic mass is 32.1. The summed E-state index contributed by atoms with van der Waals surface area (Å²) >= 11 is 9.97. The lowest BCUT2D eigenvalue weighted by Crippen LogP contribution is -2.28. The van der Waals surface area contributed by atoms with Crippen molar-refractivity contribution in [2.24, 2.45) is 11.5 Å². The lowest BCUT2D eigenvalue weighted by atomic mass is 9.93. The van der Waals surface area contributed by atoms with Crippen LogP contribution in [0.2, 0.25) is 0 Å². The van der Waals surface area contributed by atoms with Crippen LogP contribution in [0.4, 0.5) is 5.69 Å². The van der Waals surface area contributed by atoms with E-state index in [0.717, 1.165) is 19.3 Å². The van der Waals surface area contributed by atoms with Crippen LogP contribution in [0.1, 0.15) is 43.7 Å². The molecule has 0 radical (unpaired) electrons. The van der Waals surface area contributed by atoms with E-state index in [9.17, 15) is 10.1 Å². The van der Waals surface area contributed by atoms with Crippen molar-refractivity contribution in [2.45, 2.75) is 44.1 Å². The Morgan fingerprint density at radius 3 is 2.62 bits per heavy atom. The molecule has 2 unspecified atom stereocenters. The van der Waals surface area contributed by atoms with Crippen molar-refractivity contribution in [1.29, 1.82) is 0 Å². The Hall–Kier alpha value is -1.78. The van der Waals surface area contributed by atoms with Crippen molar-refractivity contribution in [3.05, 3.63) is 28.3 Å². The average Bonchev–Trinajstić information content (AvgIpc) is 2.53. The van der Waals surface area contributed by atoms with Gasteiger partial charge in [-0.2, -0.15) is 0 Å². The summed E-state index contributed by atoms with van der Waals surface area (Å²) in [6, 6.07) is 0.220. The van der Waals surface area contributed by atoms with Gasteiger partial charge in [-0.05, 0) is 39.2 Å². The summed E-state index contributed by atoms with van der Waals surface area (Å²) in [6.07, 6.45) is 6.22. The second-order valence-electron chi connectivity index (χ2n) is 5.43. The predicted molar refractivity (Wildman–Crippen MR) is 101 cm³/mol. The fourth-order valence-electron chi connectivity index (χ4n) is 2.48. The molecule has 0 aliphatic rings. The molecule has 0 aromatic carbocycles.